The van der Waals surface area contributed by atoms with Crippen molar-refractivity contribution in [2.24, 2.45) is 5.41 Å². The Bertz CT molecular complexity index is 157. The molecule has 0 atom stereocenters. The maximum atomic E-state index is 11.7. The predicted octanol–water partition coefficient (Wildman–Crippen LogP) is 2.20. The van der Waals surface area contributed by atoms with Gasteiger partial charge in [0.25, 0.3) is 0 Å². The number of ether oxygens (including phenoxy) is 1. The van der Waals surface area contributed by atoms with E-state index in [9.17, 15) is 13.2 Å². The second kappa shape index (κ2) is 5.56. The molecule has 0 spiro atoms. The first-order valence-corrected chi connectivity index (χ1v) is 4.62. The van der Waals surface area contributed by atoms with Gasteiger partial charge in [0, 0.05) is 12.0 Å². The van der Waals surface area contributed by atoms with Crippen LogP contribution in [0.25, 0.3) is 0 Å². The van der Waals surface area contributed by atoms with E-state index in [-0.39, 0.29) is 12.0 Å². The van der Waals surface area contributed by atoms with E-state index in [0.29, 0.717) is 6.54 Å². The summed E-state index contributed by atoms with van der Waals surface area (Å²) in [6.07, 6.45) is -4.23. The average Bonchev–Trinajstić information content (AvgIpc) is 1.98. The van der Waals surface area contributed by atoms with Crippen molar-refractivity contribution in [2.75, 3.05) is 26.3 Å². The fraction of sp³-hybridized carbons (Fsp3) is 1.00. The van der Waals surface area contributed by atoms with Crippen molar-refractivity contribution in [3.63, 3.8) is 0 Å². The molecule has 2 nitrogen and oxygen atoms in total. The van der Waals surface area contributed by atoms with Crippen LogP contribution in [0.1, 0.15) is 20.8 Å². The highest BCUT2D eigenvalue weighted by atomic mass is 19.4. The Morgan fingerprint density at radius 2 is 1.71 bits per heavy atom. The van der Waals surface area contributed by atoms with Gasteiger partial charge < -0.3 is 10.1 Å². The van der Waals surface area contributed by atoms with Gasteiger partial charge in [-0.15, -0.1) is 0 Å². The highest BCUT2D eigenvalue weighted by Crippen LogP contribution is 2.18. The van der Waals surface area contributed by atoms with Gasteiger partial charge in [-0.1, -0.05) is 20.8 Å². The number of halogens is 3. The third-order valence-electron chi connectivity index (χ3n) is 1.61. The number of nitrogens with one attached hydrogen (secondary N) is 1. The molecule has 0 aliphatic heterocycles. The van der Waals surface area contributed by atoms with E-state index in [4.69, 9.17) is 0 Å². The summed E-state index contributed by atoms with van der Waals surface area (Å²) in [5.41, 5.74) is -0.263. The number of hydrogen-bond donors (Lipinski definition) is 1. The maximum Gasteiger partial charge on any atom is 0.411 e. The van der Waals surface area contributed by atoms with Crippen LogP contribution in [0, 0.1) is 5.41 Å². The van der Waals surface area contributed by atoms with Crippen LogP contribution >= 0.6 is 0 Å². The largest absolute Gasteiger partial charge is 0.411 e. The molecule has 0 aromatic heterocycles. The molecule has 0 bridgehead atoms. The van der Waals surface area contributed by atoms with Crippen LogP contribution in [0.2, 0.25) is 0 Å². The monoisotopic (exact) mass is 213 g/mol. The molecular weight excluding hydrogens is 195 g/mol. The van der Waals surface area contributed by atoms with Crippen LogP contribution in [0.3, 0.4) is 0 Å². The van der Waals surface area contributed by atoms with Crippen LogP contribution in [0.5, 0.6) is 0 Å². The fourth-order valence-corrected chi connectivity index (χ4v) is 0.957. The van der Waals surface area contributed by atoms with Gasteiger partial charge in [-0.25, -0.2) is 0 Å². The van der Waals surface area contributed by atoms with Crippen molar-refractivity contribution >= 4 is 0 Å². The highest BCUT2D eigenvalue weighted by molar-refractivity contribution is 4.70. The molecule has 0 aliphatic rings. The van der Waals surface area contributed by atoms with Crippen LogP contribution in [0.4, 0.5) is 13.2 Å². The minimum Gasteiger partial charge on any atom is -0.371 e. The van der Waals surface area contributed by atoms with Gasteiger partial charge >= 0.3 is 6.18 Å². The first-order chi connectivity index (χ1) is 6.27. The van der Waals surface area contributed by atoms with Gasteiger partial charge in [0.15, 0.2) is 0 Å². The van der Waals surface area contributed by atoms with Crippen LogP contribution in [-0.2, 0) is 4.74 Å². The molecule has 5 heteroatoms. The summed E-state index contributed by atoms with van der Waals surface area (Å²) in [7, 11) is 0. The van der Waals surface area contributed by atoms with Gasteiger partial charge in [-0.05, 0) is 6.54 Å². The van der Waals surface area contributed by atoms with Crippen LogP contribution in [0.15, 0.2) is 0 Å². The third kappa shape index (κ3) is 8.31. The average molecular weight is 213 g/mol. The Kier molecular flexibility index (Phi) is 5.44. The van der Waals surface area contributed by atoms with E-state index < -0.39 is 12.8 Å². The normalized spacial score (nSPS) is 13.3. The molecule has 0 unspecified atom stereocenters. The topological polar surface area (TPSA) is 21.3 Å². The molecule has 0 aliphatic carbocycles. The second-order valence-corrected chi connectivity index (χ2v) is 4.05. The smallest absolute Gasteiger partial charge is 0.371 e. The summed E-state index contributed by atoms with van der Waals surface area (Å²) in [5, 5.41) is 3.07. The second-order valence-electron chi connectivity index (χ2n) is 4.05. The standard InChI is InChI=1S/C9H18F3NO/c1-4-13-5-8(2,3)6-14-7-9(10,11)12/h13H,4-7H2,1-3H3. The molecule has 0 amide bonds. The summed E-state index contributed by atoms with van der Waals surface area (Å²) in [4.78, 5) is 0. The minimum atomic E-state index is -4.23. The number of rotatable bonds is 6. The van der Waals surface area contributed by atoms with Crippen molar-refractivity contribution in [1.82, 2.24) is 5.32 Å². The van der Waals surface area contributed by atoms with E-state index >= 15 is 0 Å². The van der Waals surface area contributed by atoms with Gasteiger partial charge in [0.2, 0.25) is 0 Å². The van der Waals surface area contributed by atoms with Gasteiger partial charge in [-0.3, -0.25) is 0 Å². The van der Waals surface area contributed by atoms with Gasteiger partial charge in [-0.2, -0.15) is 13.2 Å². The summed E-state index contributed by atoms with van der Waals surface area (Å²) in [6.45, 7) is 6.09. The molecular formula is C9H18F3NO. The summed E-state index contributed by atoms with van der Waals surface area (Å²) < 4.78 is 39.8. The Morgan fingerprint density at radius 1 is 1.14 bits per heavy atom. The molecule has 0 saturated heterocycles. The molecule has 0 saturated carbocycles. The highest BCUT2D eigenvalue weighted by Gasteiger charge is 2.29. The Morgan fingerprint density at radius 3 is 2.14 bits per heavy atom. The molecule has 0 aromatic rings. The SMILES string of the molecule is CCNCC(C)(C)COCC(F)(F)F. The van der Waals surface area contributed by atoms with Crippen molar-refractivity contribution in [3.05, 3.63) is 0 Å². The van der Waals surface area contributed by atoms with Crippen molar-refractivity contribution in [3.8, 4) is 0 Å². The van der Waals surface area contributed by atoms with Crippen molar-refractivity contribution in [2.45, 2.75) is 26.9 Å². The molecule has 0 fully saturated rings. The zero-order valence-corrected chi connectivity index (χ0v) is 8.87. The Labute approximate surface area is 82.8 Å². The van der Waals surface area contributed by atoms with E-state index in [1.807, 2.05) is 20.8 Å². The molecule has 14 heavy (non-hydrogen) atoms. The third-order valence-corrected chi connectivity index (χ3v) is 1.61. The lowest BCUT2D eigenvalue weighted by Crippen LogP contribution is -2.34. The van der Waals surface area contributed by atoms with Gasteiger partial charge in [0.1, 0.15) is 6.61 Å². The Balaban J connectivity index is 3.65. The number of hydrogen-bond acceptors (Lipinski definition) is 2. The first kappa shape index (κ1) is 13.7. The summed E-state index contributed by atoms with van der Waals surface area (Å²) in [6, 6.07) is 0. The minimum absolute atomic E-state index is 0.111. The molecule has 86 valence electrons. The summed E-state index contributed by atoms with van der Waals surface area (Å²) in [5.74, 6) is 0. The molecule has 1 N–H and O–H groups in total. The maximum absolute atomic E-state index is 11.7. The predicted molar refractivity (Wildman–Crippen MR) is 49.2 cm³/mol. The van der Waals surface area contributed by atoms with E-state index in [2.05, 4.69) is 10.1 Å². The zero-order chi connectivity index (χ0) is 11.2. The van der Waals surface area contributed by atoms with Crippen LogP contribution in [-0.4, -0.2) is 32.5 Å². The summed E-state index contributed by atoms with van der Waals surface area (Å²) >= 11 is 0. The van der Waals surface area contributed by atoms with Gasteiger partial charge in [0.05, 0.1) is 6.61 Å². The van der Waals surface area contributed by atoms with E-state index in [0.717, 1.165) is 6.54 Å². The lowest BCUT2D eigenvalue weighted by molar-refractivity contribution is -0.179. The van der Waals surface area contributed by atoms with Crippen LogP contribution < -0.4 is 5.32 Å². The molecule has 0 aromatic carbocycles. The Hall–Kier alpha value is -0.290. The van der Waals surface area contributed by atoms with E-state index in [1.54, 1.807) is 0 Å². The molecule has 0 rings (SSSR count). The quantitative estimate of drug-likeness (QED) is 0.730. The lowest BCUT2D eigenvalue weighted by Gasteiger charge is -2.24. The zero-order valence-electron chi connectivity index (χ0n) is 8.87. The first-order valence-electron chi connectivity index (χ1n) is 4.62. The number of alkyl halides is 3. The molecule has 0 heterocycles. The van der Waals surface area contributed by atoms with Crippen molar-refractivity contribution in [1.29, 1.82) is 0 Å². The van der Waals surface area contributed by atoms with E-state index in [1.165, 1.54) is 0 Å². The lowest BCUT2D eigenvalue weighted by atomic mass is 9.95. The molecule has 0 radical (unpaired) electrons. The fourth-order valence-electron chi connectivity index (χ4n) is 0.957. The van der Waals surface area contributed by atoms with Crippen molar-refractivity contribution < 1.29 is 17.9 Å².